The van der Waals surface area contributed by atoms with Crippen LogP contribution in [-0.4, -0.2) is 93.7 Å². The van der Waals surface area contributed by atoms with Gasteiger partial charge in [0.1, 0.15) is 18.0 Å². The molecule has 2 aliphatic rings. The minimum atomic E-state index is -0.800. The van der Waals surface area contributed by atoms with Crippen molar-refractivity contribution in [2.75, 3.05) is 38.6 Å². The van der Waals surface area contributed by atoms with E-state index in [2.05, 4.69) is 11.9 Å². The average Bonchev–Trinajstić information content (AvgIpc) is 3.64. The summed E-state index contributed by atoms with van der Waals surface area (Å²) in [6, 6.07) is 21.1. The van der Waals surface area contributed by atoms with Crippen LogP contribution in [0.3, 0.4) is 0 Å². The maximum absolute atomic E-state index is 14.3. The number of anilines is 1. The number of phenolic OH excluding ortho intramolecular Hbond substituents is 1. The van der Waals surface area contributed by atoms with E-state index in [-0.39, 0.29) is 49.7 Å². The summed E-state index contributed by atoms with van der Waals surface area (Å²) in [5.74, 6) is -0.288. The third kappa shape index (κ3) is 6.26. The number of hydrogen-bond acceptors (Lipinski definition) is 8. The molecule has 3 heterocycles. The number of amides is 4. The summed E-state index contributed by atoms with van der Waals surface area (Å²) in [5, 5.41) is 16.9. The van der Waals surface area contributed by atoms with Crippen LogP contribution in [0.15, 0.2) is 85.5 Å². The summed E-state index contributed by atoms with van der Waals surface area (Å²) in [6.07, 6.45) is 1.31. The molecule has 4 aromatic rings. The molecule has 238 valence electrons. The number of thiazole rings is 1. The van der Waals surface area contributed by atoms with Gasteiger partial charge in [0.05, 0.1) is 29.9 Å². The van der Waals surface area contributed by atoms with Crippen LogP contribution in [0, 0.1) is 0 Å². The van der Waals surface area contributed by atoms with Crippen LogP contribution < -0.4 is 10.2 Å². The summed E-state index contributed by atoms with van der Waals surface area (Å²) in [4.78, 5) is 51.8. The maximum atomic E-state index is 14.3. The molecule has 0 unspecified atom stereocenters. The predicted octanol–water partition coefficient (Wildman–Crippen LogP) is 3.80. The maximum Gasteiger partial charge on any atom is 0.332 e. The van der Waals surface area contributed by atoms with E-state index in [0.29, 0.717) is 13.1 Å². The van der Waals surface area contributed by atoms with Crippen LogP contribution in [0.25, 0.3) is 10.2 Å². The second-order valence-electron chi connectivity index (χ2n) is 11.7. The number of benzene rings is 3. The van der Waals surface area contributed by atoms with Crippen LogP contribution in [0.5, 0.6) is 5.75 Å². The van der Waals surface area contributed by atoms with Crippen molar-refractivity contribution in [2.45, 2.75) is 31.7 Å². The molecule has 2 fully saturated rings. The highest BCUT2D eigenvalue weighted by Gasteiger charge is 2.52. The molecule has 12 heteroatoms. The van der Waals surface area contributed by atoms with E-state index in [1.54, 1.807) is 56.5 Å². The third-order valence-corrected chi connectivity index (χ3v) is 9.49. The molecule has 46 heavy (non-hydrogen) atoms. The number of phenols is 1. The van der Waals surface area contributed by atoms with Gasteiger partial charge in [-0.1, -0.05) is 72.0 Å². The number of hydrogen-bond donors (Lipinski definition) is 2. The molecule has 2 saturated heterocycles. The fourth-order valence-corrected chi connectivity index (χ4v) is 6.99. The van der Waals surface area contributed by atoms with Gasteiger partial charge < -0.3 is 25.1 Å². The first kappa shape index (κ1) is 31.1. The van der Waals surface area contributed by atoms with Gasteiger partial charge in [0, 0.05) is 33.6 Å². The molecular weight excluding hydrogens is 602 g/mol. The van der Waals surface area contributed by atoms with Crippen LogP contribution in [-0.2, 0) is 29.1 Å². The van der Waals surface area contributed by atoms with Crippen molar-refractivity contribution in [2.24, 2.45) is 0 Å². The van der Waals surface area contributed by atoms with Crippen molar-refractivity contribution < 1.29 is 19.5 Å². The number of aromatic nitrogens is 1. The predicted molar refractivity (Wildman–Crippen MR) is 178 cm³/mol. The van der Waals surface area contributed by atoms with Gasteiger partial charge >= 0.3 is 6.03 Å². The van der Waals surface area contributed by atoms with Crippen molar-refractivity contribution in [3.05, 3.63) is 102 Å². The molecule has 1 aromatic heterocycles. The first-order valence-corrected chi connectivity index (χ1v) is 16.0. The number of nitrogens with zero attached hydrogens (tertiary/aromatic N) is 6. The first-order chi connectivity index (χ1) is 22.2. The molecule has 11 nitrogen and oxygen atoms in total. The minimum Gasteiger partial charge on any atom is -0.508 e. The number of rotatable bonds is 10. The Morgan fingerprint density at radius 1 is 1.07 bits per heavy atom. The quantitative estimate of drug-likeness (QED) is 0.254. The molecule has 0 aliphatic carbocycles. The molecule has 0 radical (unpaired) electrons. The number of piperazine rings is 1. The van der Waals surface area contributed by atoms with E-state index >= 15 is 0 Å². The molecule has 2 aliphatic heterocycles. The molecule has 2 N–H and O–H groups in total. The molecule has 0 spiro atoms. The van der Waals surface area contributed by atoms with Gasteiger partial charge in [-0.2, -0.15) is 5.01 Å². The van der Waals surface area contributed by atoms with Crippen molar-refractivity contribution >= 4 is 44.5 Å². The van der Waals surface area contributed by atoms with Gasteiger partial charge in [-0.05, 0) is 34.9 Å². The van der Waals surface area contributed by atoms with E-state index in [4.69, 9.17) is 4.98 Å². The van der Waals surface area contributed by atoms with Crippen molar-refractivity contribution in [3.63, 3.8) is 0 Å². The lowest BCUT2D eigenvalue weighted by Gasteiger charge is -2.46. The highest BCUT2D eigenvalue weighted by Crippen LogP contribution is 2.33. The summed E-state index contributed by atoms with van der Waals surface area (Å²) in [7, 11) is 3.90. The zero-order valence-electron chi connectivity index (χ0n) is 25.9. The van der Waals surface area contributed by atoms with Crippen molar-refractivity contribution in [1.29, 1.82) is 0 Å². The Morgan fingerprint density at radius 2 is 1.83 bits per heavy atom. The number of fused-ring (bicyclic) bond motifs is 2. The number of aromatic hydroxyl groups is 1. The van der Waals surface area contributed by atoms with Crippen LogP contribution in [0.4, 0.5) is 9.93 Å². The largest absolute Gasteiger partial charge is 0.508 e. The molecular formula is C34H37N7O4S. The zero-order chi connectivity index (χ0) is 32.4. The molecule has 0 saturated carbocycles. The molecule has 2 atom stereocenters. The van der Waals surface area contributed by atoms with Crippen molar-refractivity contribution in [1.82, 2.24) is 30.1 Å². The third-order valence-electron chi connectivity index (χ3n) is 8.30. The molecule has 3 aromatic carbocycles. The summed E-state index contributed by atoms with van der Waals surface area (Å²) < 4.78 is 1.03. The summed E-state index contributed by atoms with van der Waals surface area (Å²) in [5.41, 5.74) is 3.51. The van der Waals surface area contributed by atoms with Crippen LogP contribution >= 0.6 is 11.3 Å². The first-order valence-electron chi connectivity index (χ1n) is 15.1. The average molecular weight is 640 g/mol. The van der Waals surface area contributed by atoms with Crippen LogP contribution in [0.1, 0.15) is 16.7 Å². The Kier molecular flexibility index (Phi) is 8.91. The second kappa shape index (κ2) is 13.2. The van der Waals surface area contributed by atoms with Crippen LogP contribution in [0.2, 0.25) is 0 Å². The zero-order valence-corrected chi connectivity index (χ0v) is 26.7. The molecule has 6 rings (SSSR count). The minimum absolute atomic E-state index is 0.0572. The standard InChI is InChI=1S/C34H37N7O4S/c1-4-17-39(33(45)35-19-24-9-6-5-7-10-24)40-22-30(43)41-27(18-23-13-15-26(42)16-14-23)32(44)38(21-29(40)41)20-25-11-8-12-28-31(25)36-34(46-28)37(2)3/h4-16,27,29,42H,1,17-22H2,2-3H3,(H,35,45)/t27-,29+/m0/s1. The normalized spacial score (nSPS) is 18.1. The number of para-hydroxylation sites is 1. The number of carbonyl (C=O) groups excluding carboxylic acids is 3. The summed E-state index contributed by atoms with van der Waals surface area (Å²) in [6.45, 7) is 4.81. The van der Waals surface area contributed by atoms with E-state index in [9.17, 15) is 19.5 Å². The Morgan fingerprint density at radius 3 is 2.54 bits per heavy atom. The monoisotopic (exact) mass is 639 g/mol. The second-order valence-corrected chi connectivity index (χ2v) is 12.7. The van der Waals surface area contributed by atoms with Gasteiger partial charge in [0.15, 0.2) is 5.13 Å². The number of nitrogens with one attached hydrogen (secondary N) is 1. The Balaban J connectivity index is 1.32. The molecule has 0 bridgehead atoms. The number of carbonyl (C=O) groups is 3. The van der Waals surface area contributed by atoms with Gasteiger partial charge in [0.25, 0.3) is 0 Å². The number of hydrazine groups is 1. The fourth-order valence-electron chi connectivity index (χ4n) is 6.06. The Hall–Kier alpha value is -4.94. The Bertz CT molecular complexity index is 1740. The van der Waals surface area contributed by atoms with E-state index < -0.39 is 12.2 Å². The van der Waals surface area contributed by atoms with Gasteiger partial charge in [0.2, 0.25) is 11.8 Å². The van der Waals surface area contributed by atoms with E-state index in [1.807, 2.05) is 67.5 Å². The van der Waals surface area contributed by atoms with Gasteiger partial charge in [-0.3, -0.25) is 14.6 Å². The smallest absolute Gasteiger partial charge is 0.332 e. The SMILES string of the molecule is C=CCN(C(=O)NCc1ccccc1)N1CC(=O)N2[C@@H](Cc3ccc(O)cc3)C(=O)N(Cc3cccc4sc(N(C)C)nc34)C[C@@H]21. The van der Waals surface area contributed by atoms with E-state index in [0.717, 1.165) is 32.0 Å². The number of urea groups is 1. The highest BCUT2D eigenvalue weighted by atomic mass is 32.1. The lowest BCUT2D eigenvalue weighted by molar-refractivity contribution is -0.157. The summed E-state index contributed by atoms with van der Waals surface area (Å²) >= 11 is 1.59. The fraction of sp³-hybridized carbons (Fsp3) is 0.294. The van der Waals surface area contributed by atoms with Gasteiger partial charge in [-0.25, -0.2) is 9.78 Å². The lowest BCUT2D eigenvalue weighted by atomic mass is 9.99. The van der Waals surface area contributed by atoms with Crippen molar-refractivity contribution in [3.8, 4) is 5.75 Å². The van der Waals surface area contributed by atoms with Gasteiger partial charge in [-0.15, -0.1) is 6.58 Å². The highest BCUT2D eigenvalue weighted by molar-refractivity contribution is 7.22. The Labute approximate surface area is 271 Å². The lowest BCUT2D eigenvalue weighted by Crippen LogP contribution is -2.66. The van der Waals surface area contributed by atoms with E-state index in [1.165, 1.54) is 5.01 Å². The molecule has 4 amide bonds. The topological polar surface area (TPSA) is 113 Å².